The molecule has 0 unspecified atom stereocenters. The largest absolute Gasteiger partial charge is 0.308 e. The second-order valence-electron chi connectivity index (χ2n) is 12.1. The average Bonchev–Trinajstić information content (AvgIpc) is 3.45. The van der Waals surface area contributed by atoms with Gasteiger partial charge in [0.1, 0.15) is 0 Å². The highest BCUT2D eigenvalue weighted by molar-refractivity contribution is 6.13. The second kappa shape index (κ2) is 10.6. The predicted octanol–water partition coefficient (Wildman–Crippen LogP) is 10.0. The molecular weight excluding hydrogens is 560 g/mol. The number of hydrogen-bond acceptors (Lipinski definition) is 3. The van der Waals surface area contributed by atoms with Gasteiger partial charge >= 0.3 is 0 Å². The molecule has 0 N–H and O–H groups in total. The van der Waals surface area contributed by atoms with Crippen molar-refractivity contribution in [2.75, 3.05) is 6.54 Å². The molecule has 0 bridgehead atoms. The zero-order valence-electron chi connectivity index (χ0n) is 25.5. The van der Waals surface area contributed by atoms with Crippen molar-refractivity contribution < 1.29 is 0 Å². The number of benzene rings is 5. The Balaban J connectivity index is 1.01. The normalized spacial score (nSPS) is 12.6. The lowest BCUT2D eigenvalue weighted by Gasteiger charge is -2.12. The van der Waals surface area contributed by atoms with E-state index in [0.717, 1.165) is 46.7 Å². The highest BCUT2D eigenvalue weighted by Gasteiger charge is 2.19. The van der Waals surface area contributed by atoms with E-state index in [1.807, 2.05) is 18.6 Å². The number of aliphatic imine (C=N–C) groups is 1. The summed E-state index contributed by atoms with van der Waals surface area (Å²) in [6.07, 6.45) is 6.93. The number of aryl methyl sites for hydroxylation is 1. The van der Waals surface area contributed by atoms with Gasteiger partial charge in [-0.15, -0.1) is 0 Å². The van der Waals surface area contributed by atoms with Crippen LogP contribution in [0.3, 0.4) is 0 Å². The third-order valence-corrected chi connectivity index (χ3v) is 9.30. The smallest absolute Gasteiger partial charge is 0.0886 e. The Morgan fingerprint density at radius 2 is 1.28 bits per heavy atom. The van der Waals surface area contributed by atoms with E-state index in [1.54, 1.807) is 0 Å². The Bertz CT molecular complexity index is 2450. The van der Waals surface area contributed by atoms with Crippen LogP contribution in [0.2, 0.25) is 0 Å². The Kier molecular flexibility index (Phi) is 6.13. The van der Waals surface area contributed by atoms with Crippen molar-refractivity contribution in [3.05, 3.63) is 151 Å². The molecule has 46 heavy (non-hydrogen) atoms. The molecule has 0 aliphatic carbocycles. The van der Waals surface area contributed by atoms with E-state index in [2.05, 4.69) is 138 Å². The van der Waals surface area contributed by atoms with Crippen LogP contribution in [0.1, 0.15) is 16.8 Å². The summed E-state index contributed by atoms with van der Waals surface area (Å²) in [4.78, 5) is 14.3. The van der Waals surface area contributed by atoms with Crippen LogP contribution in [0.5, 0.6) is 0 Å². The van der Waals surface area contributed by atoms with Crippen molar-refractivity contribution >= 4 is 38.7 Å². The van der Waals surface area contributed by atoms with Gasteiger partial charge in [0, 0.05) is 47.4 Å². The molecule has 5 aromatic carbocycles. The molecular formula is C42H30N4. The molecule has 0 fully saturated rings. The molecule has 0 atom stereocenters. The van der Waals surface area contributed by atoms with Crippen LogP contribution in [-0.4, -0.2) is 27.3 Å². The number of hydrogen-bond donors (Lipinski definition) is 0. The first kappa shape index (κ1) is 26.5. The van der Waals surface area contributed by atoms with Gasteiger partial charge in [0.15, 0.2) is 0 Å². The minimum Gasteiger partial charge on any atom is -0.308 e. The summed E-state index contributed by atoms with van der Waals surface area (Å²) in [5, 5.41) is 6.33. The molecule has 8 aromatic rings. The molecule has 1 aliphatic heterocycles. The fraction of sp³-hybridized carbons (Fsp3) is 0.0714. The van der Waals surface area contributed by atoms with E-state index in [1.165, 1.54) is 54.8 Å². The van der Waals surface area contributed by atoms with Gasteiger partial charge in [-0.3, -0.25) is 15.0 Å². The zero-order chi connectivity index (χ0) is 30.6. The molecule has 0 saturated heterocycles. The SMILES string of the molecule is Cc1ccc2c(c1)c1c(n2-c2ccc(-c3ccc(-c4ccc(-c5cc6ccccc6c6ccccc56)cn4)nc3)cc2)C=NCC1. The number of fused-ring (bicyclic) bond motifs is 6. The lowest BCUT2D eigenvalue weighted by molar-refractivity contribution is 0.940. The fourth-order valence-electron chi connectivity index (χ4n) is 7.01. The quantitative estimate of drug-likeness (QED) is 0.191. The van der Waals surface area contributed by atoms with Crippen molar-refractivity contribution in [3.8, 4) is 39.3 Å². The van der Waals surface area contributed by atoms with E-state index >= 15 is 0 Å². The van der Waals surface area contributed by atoms with E-state index in [-0.39, 0.29) is 0 Å². The van der Waals surface area contributed by atoms with Crippen LogP contribution in [0.4, 0.5) is 0 Å². The topological polar surface area (TPSA) is 43.1 Å². The van der Waals surface area contributed by atoms with Gasteiger partial charge < -0.3 is 4.57 Å². The molecule has 0 radical (unpaired) electrons. The number of rotatable bonds is 4. The van der Waals surface area contributed by atoms with E-state index in [9.17, 15) is 0 Å². The summed E-state index contributed by atoms with van der Waals surface area (Å²) in [6.45, 7) is 3.01. The van der Waals surface area contributed by atoms with Crippen molar-refractivity contribution in [3.63, 3.8) is 0 Å². The molecule has 4 heteroatoms. The lowest BCUT2D eigenvalue weighted by atomic mass is 9.94. The first-order chi connectivity index (χ1) is 22.7. The third-order valence-electron chi connectivity index (χ3n) is 9.30. The van der Waals surface area contributed by atoms with Crippen molar-refractivity contribution in [2.24, 2.45) is 4.99 Å². The Hall–Kier alpha value is -5.87. The molecule has 0 saturated carbocycles. The highest BCUT2D eigenvalue weighted by atomic mass is 15.0. The fourth-order valence-corrected chi connectivity index (χ4v) is 7.01. The molecule has 218 valence electrons. The van der Waals surface area contributed by atoms with Gasteiger partial charge in [-0.2, -0.15) is 0 Å². The average molecular weight is 591 g/mol. The summed E-state index contributed by atoms with van der Waals surface area (Å²) in [5.41, 5.74) is 12.4. The summed E-state index contributed by atoms with van der Waals surface area (Å²) in [5.74, 6) is 0. The van der Waals surface area contributed by atoms with Gasteiger partial charge in [-0.05, 0) is 94.0 Å². The molecule has 3 aromatic heterocycles. The van der Waals surface area contributed by atoms with Crippen LogP contribution in [0.15, 0.2) is 139 Å². The standard InChI is InChI=1S/C42H30N4/c1-27-10-19-41-38(22-27)36-20-21-43-26-42(36)46(41)32-15-11-28(12-16-32)30-13-17-39(44-24-30)40-18-14-31(25-45-40)37-23-29-6-2-3-7-33(29)34-8-4-5-9-35(34)37/h2-19,22-26H,20-21H2,1H3. The molecule has 4 nitrogen and oxygen atoms in total. The van der Waals surface area contributed by atoms with Crippen LogP contribution in [0, 0.1) is 6.92 Å². The van der Waals surface area contributed by atoms with Crippen molar-refractivity contribution in [1.29, 1.82) is 0 Å². The maximum atomic E-state index is 4.84. The lowest BCUT2D eigenvalue weighted by Crippen LogP contribution is -2.06. The number of nitrogens with zero attached hydrogens (tertiary/aromatic N) is 4. The van der Waals surface area contributed by atoms with Crippen LogP contribution >= 0.6 is 0 Å². The Morgan fingerprint density at radius 1 is 0.587 bits per heavy atom. The predicted molar refractivity (Wildman–Crippen MR) is 191 cm³/mol. The maximum absolute atomic E-state index is 4.84. The molecule has 0 amide bonds. The third kappa shape index (κ3) is 4.33. The summed E-state index contributed by atoms with van der Waals surface area (Å²) in [6, 6.07) is 43.4. The van der Waals surface area contributed by atoms with Gasteiger partial charge in [0.2, 0.25) is 0 Å². The first-order valence-corrected chi connectivity index (χ1v) is 15.8. The van der Waals surface area contributed by atoms with E-state index < -0.39 is 0 Å². The van der Waals surface area contributed by atoms with Crippen LogP contribution in [-0.2, 0) is 6.42 Å². The van der Waals surface area contributed by atoms with Gasteiger partial charge in [-0.25, -0.2) is 0 Å². The first-order valence-electron chi connectivity index (χ1n) is 15.8. The molecule has 4 heterocycles. The summed E-state index contributed by atoms with van der Waals surface area (Å²) >= 11 is 0. The Labute approximate surface area is 267 Å². The maximum Gasteiger partial charge on any atom is 0.0886 e. The summed E-state index contributed by atoms with van der Waals surface area (Å²) in [7, 11) is 0. The van der Waals surface area contributed by atoms with Crippen molar-refractivity contribution in [2.45, 2.75) is 13.3 Å². The minimum absolute atomic E-state index is 0.850. The Morgan fingerprint density at radius 3 is 2.04 bits per heavy atom. The van der Waals surface area contributed by atoms with E-state index in [4.69, 9.17) is 9.97 Å². The molecule has 9 rings (SSSR count). The monoisotopic (exact) mass is 590 g/mol. The van der Waals surface area contributed by atoms with Crippen molar-refractivity contribution in [1.82, 2.24) is 14.5 Å². The molecule has 1 aliphatic rings. The summed E-state index contributed by atoms with van der Waals surface area (Å²) < 4.78 is 2.34. The van der Waals surface area contributed by atoms with Gasteiger partial charge in [0.25, 0.3) is 0 Å². The number of aromatic nitrogens is 3. The van der Waals surface area contributed by atoms with Gasteiger partial charge in [0.05, 0.1) is 22.6 Å². The second-order valence-corrected chi connectivity index (χ2v) is 12.1. The highest BCUT2D eigenvalue weighted by Crippen LogP contribution is 2.36. The van der Waals surface area contributed by atoms with Crippen LogP contribution < -0.4 is 0 Å². The molecule has 0 spiro atoms. The minimum atomic E-state index is 0.850. The van der Waals surface area contributed by atoms with Gasteiger partial charge in [-0.1, -0.05) is 84.4 Å². The van der Waals surface area contributed by atoms with E-state index in [0.29, 0.717) is 0 Å². The number of pyridine rings is 2. The van der Waals surface area contributed by atoms with Crippen LogP contribution in [0.25, 0.3) is 71.8 Å². The zero-order valence-corrected chi connectivity index (χ0v) is 25.5.